The minimum Gasteiger partial charge on any atom is -0.353 e. The second-order valence-corrected chi connectivity index (χ2v) is 7.87. The number of hydrogen-bond donors (Lipinski definition) is 2. The fourth-order valence-corrected chi connectivity index (χ4v) is 5.05. The van der Waals surface area contributed by atoms with E-state index in [-0.39, 0.29) is 12.1 Å². The molecule has 1 aliphatic heterocycles. The predicted molar refractivity (Wildman–Crippen MR) is 95.4 cm³/mol. The first-order valence-electron chi connectivity index (χ1n) is 8.13. The van der Waals surface area contributed by atoms with Crippen molar-refractivity contribution in [1.29, 1.82) is 0 Å². The summed E-state index contributed by atoms with van der Waals surface area (Å²) in [5.74, 6) is 0.809. The van der Waals surface area contributed by atoms with Crippen molar-refractivity contribution < 1.29 is 4.79 Å². The van der Waals surface area contributed by atoms with Gasteiger partial charge in [0, 0.05) is 9.90 Å². The van der Waals surface area contributed by atoms with E-state index < -0.39 is 0 Å². The molecule has 0 radical (unpaired) electrons. The first kappa shape index (κ1) is 15.0. The molecule has 2 heterocycles. The Bertz CT molecular complexity index is 753. The number of benzene rings is 1. The van der Waals surface area contributed by atoms with Crippen molar-refractivity contribution in [2.45, 2.75) is 38.8 Å². The Labute approximate surface area is 145 Å². The number of carbonyl (C=O) groups is 1. The molecule has 2 N–H and O–H groups in total. The third kappa shape index (κ3) is 2.64. The summed E-state index contributed by atoms with van der Waals surface area (Å²) < 4.78 is 0. The molecule has 4 rings (SSSR count). The Morgan fingerprint density at radius 1 is 1.26 bits per heavy atom. The largest absolute Gasteiger partial charge is 0.353 e. The van der Waals surface area contributed by atoms with Crippen molar-refractivity contribution in [2.75, 3.05) is 5.32 Å². The molecule has 23 heavy (non-hydrogen) atoms. The van der Waals surface area contributed by atoms with Crippen LogP contribution in [0.4, 0.5) is 5.00 Å². The van der Waals surface area contributed by atoms with Gasteiger partial charge in [-0.25, -0.2) is 0 Å². The van der Waals surface area contributed by atoms with Crippen LogP contribution in [0.25, 0.3) is 0 Å². The molecule has 2 unspecified atom stereocenters. The van der Waals surface area contributed by atoms with E-state index >= 15 is 0 Å². The quantitative estimate of drug-likeness (QED) is 0.822. The maximum absolute atomic E-state index is 12.6. The summed E-state index contributed by atoms with van der Waals surface area (Å²) in [6, 6.07) is 7.61. The van der Waals surface area contributed by atoms with Crippen LogP contribution < -0.4 is 10.6 Å². The van der Waals surface area contributed by atoms with Gasteiger partial charge in [-0.05, 0) is 48.4 Å². The minimum atomic E-state index is -0.186. The second kappa shape index (κ2) is 5.84. The summed E-state index contributed by atoms with van der Waals surface area (Å²) in [6.07, 6.45) is 4.37. The molecule has 2 aliphatic rings. The van der Waals surface area contributed by atoms with Gasteiger partial charge in [-0.1, -0.05) is 37.1 Å². The molecule has 5 heteroatoms. The zero-order valence-corrected chi connectivity index (χ0v) is 14.6. The van der Waals surface area contributed by atoms with Crippen molar-refractivity contribution in [1.82, 2.24) is 5.32 Å². The molecule has 2 atom stereocenters. The molecule has 1 aromatic heterocycles. The standard InChI is InChI=1S/C18H19ClN2OS/c1-2-10-3-8-13-14(9-10)23-18-15(13)17(22)20-16(21-18)11-4-6-12(19)7-5-11/h4-7,10,16,21H,2-3,8-9H2,1H3,(H,20,22). The zero-order chi connectivity index (χ0) is 16.0. The smallest absolute Gasteiger partial charge is 0.256 e. The molecule has 3 nitrogen and oxygen atoms in total. The van der Waals surface area contributed by atoms with Crippen LogP contribution in [-0.2, 0) is 12.8 Å². The van der Waals surface area contributed by atoms with Gasteiger partial charge in [0.05, 0.1) is 5.56 Å². The van der Waals surface area contributed by atoms with Gasteiger partial charge in [0.1, 0.15) is 11.2 Å². The Balaban J connectivity index is 1.66. The Morgan fingerprint density at radius 3 is 2.78 bits per heavy atom. The molecule has 1 aliphatic carbocycles. The maximum atomic E-state index is 12.6. The lowest BCUT2D eigenvalue weighted by Gasteiger charge is -2.27. The number of fused-ring (bicyclic) bond motifs is 3. The molecule has 120 valence electrons. The van der Waals surface area contributed by atoms with E-state index in [1.165, 1.54) is 23.3 Å². The number of anilines is 1. The number of amides is 1. The summed E-state index contributed by atoms with van der Waals surface area (Å²) in [5.41, 5.74) is 3.17. The van der Waals surface area contributed by atoms with Gasteiger partial charge in [-0.15, -0.1) is 11.3 Å². The first-order chi connectivity index (χ1) is 11.2. The van der Waals surface area contributed by atoms with Crippen LogP contribution in [0.3, 0.4) is 0 Å². The lowest BCUT2D eigenvalue weighted by molar-refractivity contribution is 0.0935. The van der Waals surface area contributed by atoms with Gasteiger partial charge < -0.3 is 10.6 Å². The number of rotatable bonds is 2. The number of hydrogen-bond acceptors (Lipinski definition) is 3. The van der Waals surface area contributed by atoms with E-state index in [4.69, 9.17) is 11.6 Å². The normalized spacial score (nSPS) is 22.8. The molecule has 0 saturated heterocycles. The number of halogens is 1. The van der Waals surface area contributed by atoms with Crippen molar-refractivity contribution in [2.24, 2.45) is 5.92 Å². The molecular formula is C18H19ClN2OS. The number of carbonyl (C=O) groups excluding carboxylic acids is 1. The first-order valence-corrected chi connectivity index (χ1v) is 9.32. The summed E-state index contributed by atoms with van der Waals surface area (Å²) in [4.78, 5) is 14.0. The third-order valence-corrected chi connectivity index (χ3v) is 6.36. The summed E-state index contributed by atoms with van der Waals surface area (Å²) in [7, 11) is 0. The van der Waals surface area contributed by atoms with Gasteiger partial charge in [0.2, 0.25) is 0 Å². The van der Waals surface area contributed by atoms with Gasteiger partial charge >= 0.3 is 0 Å². The van der Waals surface area contributed by atoms with E-state index in [2.05, 4.69) is 17.6 Å². The van der Waals surface area contributed by atoms with Crippen LogP contribution >= 0.6 is 22.9 Å². The van der Waals surface area contributed by atoms with E-state index in [0.29, 0.717) is 5.02 Å². The van der Waals surface area contributed by atoms with E-state index in [1.54, 1.807) is 11.3 Å². The Hall–Kier alpha value is -1.52. The monoisotopic (exact) mass is 346 g/mol. The van der Waals surface area contributed by atoms with Crippen LogP contribution in [-0.4, -0.2) is 5.91 Å². The predicted octanol–water partition coefficient (Wildman–Crippen LogP) is 4.77. The minimum absolute atomic E-state index is 0.0474. The van der Waals surface area contributed by atoms with Crippen LogP contribution in [0.2, 0.25) is 5.02 Å². The van der Waals surface area contributed by atoms with E-state index in [1.807, 2.05) is 24.3 Å². The zero-order valence-electron chi connectivity index (χ0n) is 13.0. The van der Waals surface area contributed by atoms with Gasteiger partial charge in [-0.3, -0.25) is 4.79 Å². The molecule has 0 saturated carbocycles. The fraction of sp³-hybridized carbons (Fsp3) is 0.389. The van der Waals surface area contributed by atoms with E-state index in [0.717, 1.165) is 34.9 Å². The van der Waals surface area contributed by atoms with Crippen molar-refractivity contribution >= 4 is 33.8 Å². The average molecular weight is 347 g/mol. The molecule has 0 spiro atoms. The summed E-state index contributed by atoms with van der Waals surface area (Å²) >= 11 is 7.71. The van der Waals surface area contributed by atoms with Crippen LogP contribution in [0.15, 0.2) is 24.3 Å². The Morgan fingerprint density at radius 2 is 2.04 bits per heavy atom. The molecule has 1 aromatic carbocycles. The summed E-state index contributed by atoms with van der Waals surface area (Å²) in [5, 5.41) is 8.31. The number of nitrogens with one attached hydrogen (secondary N) is 2. The summed E-state index contributed by atoms with van der Waals surface area (Å²) in [6.45, 7) is 2.25. The fourth-order valence-electron chi connectivity index (χ4n) is 3.54. The molecule has 0 fully saturated rings. The highest BCUT2D eigenvalue weighted by atomic mass is 35.5. The third-order valence-electron chi connectivity index (χ3n) is 4.93. The topological polar surface area (TPSA) is 41.1 Å². The number of thiophene rings is 1. The van der Waals surface area contributed by atoms with Gasteiger partial charge in [-0.2, -0.15) is 0 Å². The SMILES string of the molecule is CCC1CCc2c(sc3c2C(=O)NC(c2ccc(Cl)cc2)N3)C1. The molecule has 1 amide bonds. The van der Waals surface area contributed by atoms with Crippen molar-refractivity contribution in [3.63, 3.8) is 0 Å². The average Bonchev–Trinajstić information content (AvgIpc) is 2.93. The van der Waals surface area contributed by atoms with E-state index in [9.17, 15) is 4.79 Å². The highest BCUT2D eigenvalue weighted by Gasteiger charge is 2.33. The Kier molecular flexibility index (Phi) is 3.82. The second-order valence-electron chi connectivity index (χ2n) is 6.33. The molecular weight excluding hydrogens is 328 g/mol. The lowest BCUT2D eigenvalue weighted by atomic mass is 9.85. The molecule has 0 bridgehead atoms. The highest BCUT2D eigenvalue weighted by Crippen LogP contribution is 2.43. The van der Waals surface area contributed by atoms with Crippen molar-refractivity contribution in [3.05, 3.63) is 50.9 Å². The van der Waals surface area contributed by atoms with Gasteiger partial charge in [0.15, 0.2) is 0 Å². The van der Waals surface area contributed by atoms with Crippen LogP contribution in [0.1, 0.15) is 52.3 Å². The maximum Gasteiger partial charge on any atom is 0.256 e. The lowest BCUT2D eigenvalue weighted by Crippen LogP contribution is -2.38. The van der Waals surface area contributed by atoms with Crippen molar-refractivity contribution in [3.8, 4) is 0 Å². The highest BCUT2D eigenvalue weighted by molar-refractivity contribution is 7.16. The van der Waals surface area contributed by atoms with Crippen LogP contribution in [0, 0.1) is 5.92 Å². The van der Waals surface area contributed by atoms with Gasteiger partial charge in [0.25, 0.3) is 5.91 Å². The van der Waals surface area contributed by atoms with Crippen LogP contribution in [0.5, 0.6) is 0 Å². The molecule has 2 aromatic rings.